The summed E-state index contributed by atoms with van der Waals surface area (Å²) in [7, 11) is 0. The molecule has 0 bridgehead atoms. The number of halogens is 1. The molecule has 2 N–H and O–H groups in total. The van der Waals surface area contributed by atoms with E-state index < -0.39 is 0 Å². The van der Waals surface area contributed by atoms with Crippen LogP contribution in [0.25, 0.3) is 0 Å². The summed E-state index contributed by atoms with van der Waals surface area (Å²) < 4.78 is 8.13. The van der Waals surface area contributed by atoms with Gasteiger partial charge in [0.1, 0.15) is 0 Å². The van der Waals surface area contributed by atoms with Gasteiger partial charge in [-0.3, -0.25) is 4.79 Å². The predicted molar refractivity (Wildman–Crippen MR) is 120 cm³/mol. The Balaban J connectivity index is 0.00000300. The van der Waals surface area contributed by atoms with E-state index in [1.54, 1.807) is 0 Å². The van der Waals surface area contributed by atoms with E-state index in [0.717, 1.165) is 49.3 Å². The minimum atomic E-state index is 0. The molecule has 2 heterocycles. The van der Waals surface area contributed by atoms with E-state index in [0.29, 0.717) is 13.2 Å². The largest absolute Gasteiger partial charge is 0.378 e. The lowest BCUT2D eigenvalue weighted by molar-refractivity contribution is 0.00842. The number of carbonyl (C=O) groups is 1. The smallest absolute Gasteiger partial charge is 0.255 e. The second-order valence-electron chi connectivity index (χ2n) is 7.75. The average Bonchev–Trinajstić information content (AvgIpc) is 3.02. The number of piperidine rings is 1. The molecule has 0 aliphatic carbocycles. The quantitative estimate of drug-likeness (QED) is 0.687. The van der Waals surface area contributed by atoms with Crippen LogP contribution in [0.4, 0.5) is 0 Å². The number of hydrogen-bond acceptors (Lipinski definition) is 3. The Morgan fingerprint density at radius 3 is 2.48 bits per heavy atom. The highest BCUT2D eigenvalue weighted by atomic mass is 35.5. The van der Waals surface area contributed by atoms with Crippen molar-refractivity contribution in [1.82, 2.24) is 9.47 Å². The van der Waals surface area contributed by atoms with E-state index in [9.17, 15) is 4.79 Å². The van der Waals surface area contributed by atoms with Crippen LogP contribution >= 0.6 is 12.4 Å². The number of benzene rings is 1. The fourth-order valence-electron chi connectivity index (χ4n) is 4.20. The molecule has 2 aromatic rings. The minimum Gasteiger partial charge on any atom is -0.378 e. The lowest BCUT2D eigenvalue weighted by Crippen LogP contribution is -2.41. The molecule has 1 fully saturated rings. The SMILES string of the molecule is Cc1cc(C(=O)N2CCC(OCCCN)CC2)c(C)n1C(C)c1ccccc1.Cl. The van der Waals surface area contributed by atoms with Gasteiger partial charge in [-0.15, -0.1) is 12.4 Å². The second-order valence-corrected chi connectivity index (χ2v) is 7.75. The van der Waals surface area contributed by atoms with Crippen molar-refractivity contribution >= 4 is 18.3 Å². The predicted octanol–water partition coefficient (Wildman–Crippen LogP) is 4.11. The molecule has 0 saturated carbocycles. The molecular weight excluding hydrogens is 386 g/mol. The molecule has 1 aromatic heterocycles. The summed E-state index contributed by atoms with van der Waals surface area (Å²) in [4.78, 5) is 15.1. The Hall–Kier alpha value is -1.82. The average molecular weight is 420 g/mol. The molecule has 1 aromatic carbocycles. The van der Waals surface area contributed by atoms with E-state index in [2.05, 4.69) is 49.6 Å². The molecule has 6 heteroatoms. The van der Waals surface area contributed by atoms with Gasteiger partial charge in [0, 0.05) is 31.1 Å². The lowest BCUT2D eigenvalue weighted by Gasteiger charge is -2.32. The normalized spacial score (nSPS) is 15.8. The molecule has 0 radical (unpaired) electrons. The Bertz CT molecular complexity index is 783. The highest BCUT2D eigenvalue weighted by Crippen LogP contribution is 2.27. The Labute approximate surface area is 180 Å². The maximum atomic E-state index is 13.2. The van der Waals surface area contributed by atoms with Crippen LogP contribution in [0.1, 0.15) is 59.5 Å². The van der Waals surface area contributed by atoms with E-state index in [1.165, 1.54) is 5.56 Å². The van der Waals surface area contributed by atoms with Crippen molar-refractivity contribution in [3.63, 3.8) is 0 Å². The summed E-state index contributed by atoms with van der Waals surface area (Å²) in [6.45, 7) is 9.22. The van der Waals surface area contributed by atoms with E-state index in [4.69, 9.17) is 10.5 Å². The van der Waals surface area contributed by atoms with Crippen molar-refractivity contribution < 1.29 is 9.53 Å². The number of amides is 1. The first-order valence-electron chi connectivity index (χ1n) is 10.4. The number of rotatable bonds is 7. The van der Waals surface area contributed by atoms with Gasteiger partial charge in [-0.25, -0.2) is 0 Å². The summed E-state index contributed by atoms with van der Waals surface area (Å²) in [6.07, 6.45) is 2.94. The van der Waals surface area contributed by atoms with Gasteiger partial charge in [-0.05, 0) is 58.2 Å². The number of aryl methyl sites for hydroxylation is 1. The van der Waals surface area contributed by atoms with Gasteiger partial charge in [0.15, 0.2) is 0 Å². The molecule has 160 valence electrons. The first kappa shape index (κ1) is 23.5. The van der Waals surface area contributed by atoms with Crippen LogP contribution in [0.5, 0.6) is 0 Å². The lowest BCUT2D eigenvalue weighted by atomic mass is 10.1. The van der Waals surface area contributed by atoms with E-state index in [-0.39, 0.29) is 30.5 Å². The van der Waals surface area contributed by atoms with Crippen molar-refractivity contribution in [2.24, 2.45) is 5.73 Å². The van der Waals surface area contributed by atoms with Crippen molar-refractivity contribution in [3.05, 3.63) is 58.9 Å². The van der Waals surface area contributed by atoms with Crippen molar-refractivity contribution in [2.75, 3.05) is 26.2 Å². The molecule has 1 aliphatic rings. The maximum absolute atomic E-state index is 13.2. The van der Waals surface area contributed by atoms with E-state index in [1.807, 2.05) is 17.0 Å². The van der Waals surface area contributed by atoms with Gasteiger partial charge in [0.25, 0.3) is 5.91 Å². The minimum absolute atomic E-state index is 0. The first-order valence-corrected chi connectivity index (χ1v) is 10.4. The number of aromatic nitrogens is 1. The molecule has 1 unspecified atom stereocenters. The fourth-order valence-corrected chi connectivity index (χ4v) is 4.20. The van der Waals surface area contributed by atoms with Crippen molar-refractivity contribution in [2.45, 2.75) is 52.2 Å². The van der Waals surface area contributed by atoms with Gasteiger partial charge in [0.05, 0.1) is 17.7 Å². The van der Waals surface area contributed by atoms with Crippen LogP contribution in [0.2, 0.25) is 0 Å². The Kier molecular flexibility index (Phi) is 8.75. The Morgan fingerprint density at radius 2 is 1.86 bits per heavy atom. The third kappa shape index (κ3) is 5.41. The number of nitrogens with zero attached hydrogens (tertiary/aromatic N) is 2. The molecular formula is C23H34ClN3O2. The highest BCUT2D eigenvalue weighted by Gasteiger charge is 2.27. The second kappa shape index (κ2) is 10.8. The van der Waals surface area contributed by atoms with Crippen molar-refractivity contribution in [3.8, 4) is 0 Å². The number of likely N-dealkylation sites (tertiary alicyclic amines) is 1. The molecule has 29 heavy (non-hydrogen) atoms. The fraction of sp³-hybridized carbons (Fsp3) is 0.522. The van der Waals surface area contributed by atoms with Crippen LogP contribution in [0.15, 0.2) is 36.4 Å². The van der Waals surface area contributed by atoms with Crippen LogP contribution in [-0.2, 0) is 4.74 Å². The molecule has 3 rings (SSSR count). The standard InChI is InChI=1S/C23H33N3O2.ClH/c1-17-16-22(19(3)26(17)18(2)20-8-5-4-6-9-20)23(27)25-13-10-21(11-14-25)28-15-7-12-24;/h4-6,8-9,16,18,21H,7,10-15,24H2,1-3H3;1H. The molecule has 1 saturated heterocycles. The third-order valence-electron chi connectivity index (χ3n) is 5.82. The van der Waals surface area contributed by atoms with Crippen LogP contribution in [-0.4, -0.2) is 47.7 Å². The number of nitrogens with two attached hydrogens (primary N) is 1. The molecule has 5 nitrogen and oxygen atoms in total. The summed E-state index contributed by atoms with van der Waals surface area (Å²) in [5.41, 5.74) is 9.76. The molecule has 1 atom stereocenters. The number of carbonyl (C=O) groups excluding carboxylic acids is 1. The topological polar surface area (TPSA) is 60.5 Å². The summed E-state index contributed by atoms with van der Waals surface area (Å²) in [6, 6.07) is 12.7. The van der Waals surface area contributed by atoms with E-state index >= 15 is 0 Å². The van der Waals surface area contributed by atoms with Gasteiger partial charge >= 0.3 is 0 Å². The zero-order chi connectivity index (χ0) is 20.1. The van der Waals surface area contributed by atoms with Gasteiger partial charge in [-0.2, -0.15) is 0 Å². The molecule has 1 amide bonds. The first-order chi connectivity index (χ1) is 13.5. The summed E-state index contributed by atoms with van der Waals surface area (Å²) >= 11 is 0. The van der Waals surface area contributed by atoms with Gasteiger partial charge in [0.2, 0.25) is 0 Å². The Morgan fingerprint density at radius 1 is 1.21 bits per heavy atom. The summed E-state index contributed by atoms with van der Waals surface area (Å²) in [5, 5.41) is 0. The number of hydrogen-bond donors (Lipinski definition) is 1. The molecule has 1 aliphatic heterocycles. The summed E-state index contributed by atoms with van der Waals surface area (Å²) in [5.74, 6) is 0.139. The third-order valence-corrected chi connectivity index (χ3v) is 5.82. The van der Waals surface area contributed by atoms with Crippen LogP contribution < -0.4 is 5.73 Å². The van der Waals surface area contributed by atoms with Gasteiger partial charge in [-0.1, -0.05) is 30.3 Å². The maximum Gasteiger partial charge on any atom is 0.255 e. The van der Waals surface area contributed by atoms with Crippen LogP contribution in [0, 0.1) is 13.8 Å². The van der Waals surface area contributed by atoms with Gasteiger partial charge < -0.3 is 19.9 Å². The molecule has 0 spiro atoms. The highest BCUT2D eigenvalue weighted by molar-refractivity contribution is 5.95. The van der Waals surface area contributed by atoms with Crippen LogP contribution in [0.3, 0.4) is 0 Å². The zero-order valence-corrected chi connectivity index (χ0v) is 18.6. The number of ether oxygens (including phenoxy) is 1. The zero-order valence-electron chi connectivity index (χ0n) is 17.8. The monoisotopic (exact) mass is 419 g/mol. The van der Waals surface area contributed by atoms with Crippen molar-refractivity contribution in [1.29, 1.82) is 0 Å².